The third-order valence-electron chi connectivity index (χ3n) is 6.72. The zero-order valence-electron chi connectivity index (χ0n) is 18.7. The van der Waals surface area contributed by atoms with Gasteiger partial charge >= 0.3 is 0 Å². The van der Waals surface area contributed by atoms with Gasteiger partial charge in [-0.2, -0.15) is 0 Å². The van der Waals surface area contributed by atoms with Crippen LogP contribution in [0.3, 0.4) is 0 Å². The zero-order chi connectivity index (χ0) is 21.3. The summed E-state index contributed by atoms with van der Waals surface area (Å²) in [6.45, 7) is 12.7. The van der Waals surface area contributed by atoms with E-state index >= 15 is 0 Å². The van der Waals surface area contributed by atoms with Gasteiger partial charge in [0.15, 0.2) is 0 Å². The highest BCUT2D eigenvalue weighted by atomic mass is 32.1. The first-order valence-electron chi connectivity index (χ1n) is 11.4. The second-order valence-electron chi connectivity index (χ2n) is 8.68. The van der Waals surface area contributed by atoms with Crippen LogP contribution >= 0.6 is 11.3 Å². The fourth-order valence-electron chi connectivity index (χ4n) is 4.71. The molecule has 1 amide bonds. The number of ether oxygens (including phenoxy) is 1. The minimum absolute atomic E-state index is 0.0205. The molecule has 2 aromatic rings. The van der Waals surface area contributed by atoms with E-state index in [4.69, 9.17) is 14.7 Å². The summed E-state index contributed by atoms with van der Waals surface area (Å²) in [5.74, 6) is 2.06. The van der Waals surface area contributed by atoms with E-state index in [0.717, 1.165) is 71.3 Å². The van der Waals surface area contributed by atoms with Crippen molar-refractivity contribution in [2.75, 3.05) is 32.8 Å². The number of rotatable bonds is 8. The van der Waals surface area contributed by atoms with E-state index < -0.39 is 0 Å². The molecule has 1 aliphatic carbocycles. The summed E-state index contributed by atoms with van der Waals surface area (Å²) in [5.41, 5.74) is 2.01. The summed E-state index contributed by atoms with van der Waals surface area (Å²) in [6.07, 6.45) is 4.60. The number of aromatic nitrogens is 2. The number of fused-ring (bicyclic) bond motifs is 1. The van der Waals surface area contributed by atoms with Gasteiger partial charge in [0, 0.05) is 37.0 Å². The molecule has 0 spiro atoms. The lowest BCUT2D eigenvalue weighted by atomic mass is 9.92. The largest absolute Gasteiger partial charge is 0.379 e. The molecule has 1 aliphatic heterocycles. The van der Waals surface area contributed by atoms with Crippen molar-refractivity contribution in [3.63, 3.8) is 0 Å². The summed E-state index contributed by atoms with van der Waals surface area (Å²) >= 11 is 1.52. The van der Waals surface area contributed by atoms with Crippen molar-refractivity contribution in [2.45, 2.75) is 65.3 Å². The lowest BCUT2D eigenvalue weighted by Gasteiger charge is -2.38. The molecule has 1 unspecified atom stereocenters. The molecule has 1 saturated heterocycles. The predicted molar refractivity (Wildman–Crippen MR) is 121 cm³/mol. The number of hydrogen-bond acceptors (Lipinski definition) is 6. The average Bonchev–Trinajstić information content (AvgIpc) is 3.55. The van der Waals surface area contributed by atoms with E-state index in [-0.39, 0.29) is 5.91 Å². The molecule has 2 aliphatic rings. The van der Waals surface area contributed by atoms with Gasteiger partial charge in [-0.1, -0.05) is 26.7 Å². The van der Waals surface area contributed by atoms with Gasteiger partial charge in [-0.3, -0.25) is 9.69 Å². The molecule has 2 fully saturated rings. The first-order chi connectivity index (χ1) is 14.5. The number of nitrogens with zero attached hydrogens (tertiary/aromatic N) is 3. The molecule has 3 heterocycles. The lowest BCUT2D eigenvalue weighted by Crippen LogP contribution is -2.52. The molecule has 2 aromatic heterocycles. The molecular formula is C23H34N4O2S. The van der Waals surface area contributed by atoms with Crippen LogP contribution in [0.25, 0.3) is 10.2 Å². The van der Waals surface area contributed by atoms with Crippen LogP contribution in [0, 0.1) is 19.8 Å². The summed E-state index contributed by atoms with van der Waals surface area (Å²) < 4.78 is 5.54. The predicted octanol–water partition coefficient (Wildman–Crippen LogP) is 4.05. The second kappa shape index (κ2) is 9.28. The Morgan fingerprint density at radius 2 is 1.90 bits per heavy atom. The first kappa shape index (κ1) is 21.7. The Labute approximate surface area is 183 Å². The van der Waals surface area contributed by atoms with Crippen LogP contribution in [-0.4, -0.2) is 59.7 Å². The van der Waals surface area contributed by atoms with Crippen molar-refractivity contribution in [1.29, 1.82) is 0 Å². The maximum absolute atomic E-state index is 13.2. The molecule has 1 atom stereocenters. The molecule has 1 N–H and O–H groups in total. The Morgan fingerprint density at radius 3 is 2.53 bits per heavy atom. The smallest absolute Gasteiger partial charge is 0.261 e. The highest BCUT2D eigenvalue weighted by molar-refractivity contribution is 7.20. The fourth-order valence-corrected chi connectivity index (χ4v) is 5.87. The van der Waals surface area contributed by atoms with Crippen molar-refractivity contribution in [3.8, 4) is 0 Å². The summed E-state index contributed by atoms with van der Waals surface area (Å²) in [5, 5.41) is 4.31. The maximum Gasteiger partial charge on any atom is 0.261 e. The van der Waals surface area contributed by atoms with E-state index in [1.165, 1.54) is 24.2 Å². The van der Waals surface area contributed by atoms with Crippen molar-refractivity contribution < 1.29 is 9.53 Å². The average molecular weight is 431 g/mol. The molecule has 0 aromatic carbocycles. The molecule has 1 saturated carbocycles. The summed E-state index contributed by atoms with van der Waals surface area (Å²) in [7, 11) is 0. The van der Waals surface area contributed by atoms with Gasteiger partial charge < -0.3 is 10.1 Å². The van der Waals surface area contributed by atoms with Crippen molar-refractivity contribution in [1.82, 2.24) is 20.2 Å². The maximum atomic E-state index is 13.2. The SMILES string of the molecule is CCC(CC)C(CNC(=O)c1sc2nc(C3CC3)nc(C)c2c1C)N1CCOCC1. The van der Waals surface area contributed by atoms with Crippen molar-refractivity contribution in [3.05, 3.63) is 22.0 Å². The van der Waals surface area contributed by atoms with Gasteiger partial charge in [0.1, 0.15) is 10.7 Å². The molecule has 0 bridgehead atoms. The van der Waals surface area contributed by atoms with E-state index in [0.29, 0.717) is 24.4 Å². The number of carbonyl (C=O) groups is 1. The second-order valence-corrected chi connectivity index (χ2v) is 9.68. The van der Waals surface area contributed by atoms with Crippen molar-refractivity contribution >= 4 is 27.5 Å². The summed E-state index contributed by atoms with van der Waals surface area (Å²) in [6, 6.07) is 0.352. The third-order valence-corrected chi connectivity index (χ3v) is 7.90. The highest BCUT2D eigenvalue weighted by Crippen LogP contribution is 2.40. The molecule has 6 nitrogen and oxygen atoms in total. The number of aryl methyl sites for hydroxylation is 2. The zero-order valence-corrected chi connectivity index (χ0v) is 19.5. The van der Waals surface area contributed by atoms with Crippen molar-refractivity contribution in [2.24, 2.45) is 5.92 Å². The summed E-state index contributed by atoms with van der Waals surface area (Å²) in [4.78, 5) is 26.9. The fraction of sp³-hybridized carbons (Fsp3) is 0.696. The van der Waals surface area contributed by atoms with Gasteiger partial charge in [0.25, 0.3) is 5.91 Å². The number of morpholine rings is 1. The Kier molecular flexibility index (Phi) is 6.70. The molecule has 164 valence electrons. The Balaban J connectivity index is 1.52. The number of nitrogens with one attached hydrogen (secondary N) is 1. The number of carbonyl (C=O) groups excluding carboxylic acids is 1. The van der Waals surface area contributed by atoms with Crippen LogP contribution in [0.2, 0.25) is 0 Å². The monoisotopic (exact) mass is 430 g/mol. The highest BCUT2D eigenvalue weighted by Gasteiger charge is 2.30. The minimum Gasteiger partial charge on any atom is -0.379 e. The van der Waals surface area contributed by atoms with Crippen LogP contribution in [-0.2, 0) is 4.74 Å². The van der Waals surface area contributed by atoms with E-state index in [1.807, 2.05) is 13.8 Å². The van der Waals surface area contributed by atoms with Crippen LogP contribution < -0.4 is 5.32 Å². The standard InChI is InChI=1S/C23H34N4O2S/c1-5-16(6-2)18(27-9-11-29-12-10-27)13-24-22(28)20-14(3)19-15(4)25-21(17-7-8-17)26-23(19)30-20/h16-18H,5-13H2,1-4H3,(H,24,28). The van der Waals surface area contributed by atoms with Gasteiger partial charge in [0.2, 0.25) is 0 Å². The number of amides is 1. The third kappa shape index (κ3) is 4.39. The Hall–Kier alpha value is -1.57. The Bertz CT molecular complexity index is 898. The lowest BCUT2D eigenvalue weighted by molar-refractivity contribution is 0.00192. The normalized spacial score (nSPS) is 18.8. The van der Waals surface area contributed by atoms with Gasteiger partial charge in [-0.05, 0) is 38.2 Å². The number of thiophene rings is 1. The molecule has 30 heavy (non-hydrogen) atoms. The first-order valence-corrected chi connectivity index (χ1v) is 12.2. The van der Waals surface area contributed by atoms with E-state index in [2.05, 4.69) is 24.1 Å². The van der Waals surface area contributed by atoms with Crippen LogP contribution in [0.4, 0.5) is 0 Å². The number of hydrogen-bond donors (Lipinski definition) is 1. The molecule has 4 rings (SSSR count). The van der Waals surface area contributed by atoms with Crippen LogP contribution in [0.15, 0.2) is 0 Å². The van der Waals surface area contributed by atoms with E-state index in [1.54, 1.807) is 0 Å². The van der Waals surface area contributed by atoms with Gasteiger partial charge in [-0.25, -0.2) is 9.97 Å². The van der Waals surface area contributed by atoms with Gasteiger partial charge in [-0.15, -0.1) is 11.3 Å². The Morgan fingerprint density at radius 1 is 1.20 bits per heavy atom. The van der Waals surface area contributed by atoms with Crippen LogP contribution in [0.5, 0.6) is 0 Å². The van der Waals surface area contributed by atoms with E-state index in [9.17, 15) is 4.79 Å². The quantitative estimate of drug-likeness (QED) is 0.684. The molecular weight excluding hydrogens is 396 g/mol. The molecule has 7 heteroatoms. The molecule has 0 radical (unpaired) electrons. The van der Waals surface area contributed by atoms with Gasteiger partial charge in [0.05, 0.1) is 23.8 Å². The van der Waals surface area contributed by atoms with Crippen LogP contribution in [0.1, 0.15) is 72.2 Å². The topological polar surface area (TPSA) is 67.4 Å². The minimum atomic E-state index is 0.0205.